The number of methoxy groups -OCH3 is 1. The van der Waals surface area contributed by atoms with E-state index in [9.17, 15) is 14.7 Å². The molecule has 0 bridgehead atoms. The van der Waals surface area contributed by atoms with Gasteiger partial charge in [-0.2, -0.15) is 0 Å². The first-order valence-electron chi connectivity index (χ1n) is 7.19. The predicted molar refractivity (Wildman–Crippen MR) is 76.4 cm³/mol. The first-order chi connectivity index (χ1) is 9.55. The Kier molecular flexibility index (Phi) is 6.71. The maximum Gasteiger partial charge on any atom is 0.326 e. The standard InChI is InChI=1S/C15H25NO4/c1-3-4-7-12(13(17)18)16-14(19)15(10-11-20-2)8-5-6-9-15/h3,12H,1,4-11H2,2H3,(H,16,19)(H,17,18). The number of carboxylic acids is 1. The number of allylic oxidation sites excluding steroid dienone is 1. The Morgan fingerprint density at radius 3 is 2.60 bits per heavy atom. The zero-order valence-corrected chi connectivity index (χ0v) is 12.2. The van der Waals surface area contributed by atoms with E-state index in [0.717, 1.165) is 25.7 Å². The summed E-state index contributed by atoms with van der Waals surface area (Å²) in [6.45, 7) is 4.11. The number of carbonyl (C=O) groups is 2. The van der Waals surface area contributed by atoms with Crippen LogP contribution < -0.4 is 5.32 Å². The van der Waals surface area contributed by atoms with Crippen LogP contribution in [0.25, 0.3) is 0 Å². The summed E-state index contributed by atoms with van der Waals surface area (Å²) in [5.74, 6) is -1.12. The van der Waals surface area contributed by atoms with Crippen LogP contribution in [0, 0.1) is 5.41 Å². The molecule has 1 atom stereocenters. The molecule has 0 aromatic carbocycles. The third-order valence-electron chi connectivity index (χ3n) is 4.09. The van der Waals surface area contributed by atoms with Crippen molar-refractivity contribution in [2.24, 2.45) is 5.41 Å². The van der Waals surface area contributed by atoms with Crippen LogP contribution in [0.2, 0.25) is 0 Å². The van der Waals surface area contributed by atoms with E-state index in [-0.39, 0.29) is 5.91 Å². The first-order valence-corrected chi connectivity index (χ1v) is 7.19. The lowest BCUT2D eigenvalue weighted by Gasteiger charge is -2.29. The van der Waals surface area contributed by atoms with Crippen molar-refractivity contribution in [1.82, 2.24) is 5.32 Å². The van der Waals surface area contributed by atoms with Gasteiger partial charge >= 0.3 is 5.97 Å². The summed E-state index contributed by atoms with van der Waals surface area (Å²) in [5, 5.41) is 11.9. The molecule has 1 rings (SSSR count). The summed E-state index contributed by atoms with van der Waals surface area (Å²) < 4.78 is 5.09. The molecule has 20 heavy (non-hydrogen) atoms. The Labute approximate surface area is 120 Å². The highest BCUT2D eigenvalue weighted by Gasteiger charge is 2.41. The van der Waals surface area contributed by atoms with Crippen molar-refractivity contribution in [3.8, 4) is 0 Å². The molecule has 0 saturated heterocycles. The fraction of sp³-hybridized carbons (Fsp3) is 0.733. The van der Waals surface area contributed by atoms with Crippen molar-refractivity contribution in [2.75, 3.05) is 13.7 Å². The fourth-order valence-corrected chi connectivity index (χ4v) is 2.79. The third-order valence-corrected chi connectivity index (χ3v) is 4.09. The topological polar surface area (TPSA) is 75.6 Å². The molecule has 0 aromatic rings. The fourth-order valence-electron chi connectivity index (χ4n) is 2.79. The van der Waals surface area contributed by atoms with Gasteiger partial charge in [-0.15, -0.1) is 6.58 Å². The van der Waals surface area contributed by atoms with Gasteiger partial charge in [-0.25, -0.2) is 4.79 Å². The lowest BCUT2D eigenvalue weighted by atomic mass is 9.81. The van der Waals surface area contributed by atoms with Crippen LogP contribution in [0.4, 0.5) is 0 Å². The molecule has 5 nitrogen and oxygen atoms in total. The molecule has 1 aliphatic carbocycles. The minimum Gasteiger partial charge on any atom is -0.480 e. The third kappa shape index (κ3) is 4.34. The average Bonchev–Trinajstić information content (AvgIpc) is 2.90. The smallest absolute Gasteiger partial charge is 0.326 e. The summed E-state index contributed by atoms with van der Waals surface area (Å²) >= 11 is 0. The number of carbonyl (C=O) groups excluding carboxylic acids is 1. The zero-order valence-electron chi connectivity index (χ0n) is 12.2. The van der Waals surface area contributed by atoms with Gasteiger partial charge in [0.15, 0.2) is 0 Å². The quantitative estimate of drug-likeness (QED) is 0.636. The number of carboxylic acid groups (broad SMARTS) is 1. The summed E-state index contributed by atoms with van der Waals surface area (Å²) in [5.41, 5.74) is -0.447. The number of aliphatic carboxylic acids is 1. The average molecular weight is 283 g/mol. The minimum atomic E-state index is -0.986. The second-order valence-electron chi connectivity index (χ2n) is 5.46. The van der Waals surface area contributed by atoms with Gasteiger partial charge in [0.05, 0.1) is 5.41 Å². The monoisotopic (exact) mass is 283 g/mol. The highest BCUT2D eigenvalue weighted by molar-refractivity contribution is 5.87. The van der Waals surface area contributed by atoms with Crippen LogP contribution in [-0.4, -0.2) is 36.7 Å². The van der Waals surface area contributed by atoms with E-state index in [4.69, 9.17) is 4.74 Å². The Balaban J connectivity index is 2.68. The van der Waals surface area contributed by atoms with Crippen molar-refractivity contribution in [3.63, 3.8) is 0 Å². The van der Waals surface area contributed by atoms with Crippen molar-refractivity contribution in [3.05, 3.63) is 12.7 Å². The Bertz CT molecular complexity index is 348. The maximum atomic E-state index is 12.5. The summed E-state index contributed by atoms with van der Waals surface area (Å²) in [4.78, 5) is 23.7. The summed E-state index contributed by atoms with van der Waals surface area (Å²) in [6, 6.07) is -0.833. The van der Waals surface area contributed by atoms with Gasteiger partial charge in [-0.1, -0.05) is 18.9 Å². The largest absolute Gasteiger partial charge is 0.480 e. The lowest BCUT2D eigenvalue weighted by molar-refractivity contribution is -0.144. The van der Waals surface area contributed by atoms with E-state index in [1.54, 1.807) is 13.2 Å². The Morgan fingerprint density at radius 2 is 2.10 bits per heavy atom. The molecular formula is C15H25NO4. The number of rotatable bonds is 9. The van der Waals surface area contributed by atoms with Crippen molar-refractivity contribution >= 4 is 11.9 Å². The number of ether oxygens (including phenoxy) is 1. The molecule has 0 radical (unpaired) electrons. The molecule has 5 heteroatoms. The van der Waals surface area contributed by atoms with E-state index < -0.39 is 17.4 Å². The molecule has 1 aliphatic rings. The number of hydrogen-bond acceptors (Lipinski definition) is 3. The lowest BCUT2D eigenvalue weighted by Crippen LogP contribution is -2.48. The predicted octanol–water partition coefficient (Wildman–Crippen LogP) is 2.12. The zero-order chi connectivity index (χ0) is 15.0. The number of hydrogen-bond donors (Lipinski definition) is 2. The molecule has 1 fully saturated rings. The van der Waals surface area contributed by atoms with E-state index >= 15 is 0 Å². The van der Waals surface area contributed by atoms with E-state index in [1.807, 2.05) is 0 Å². The molecule has 1 unspecified atom stereocenters. The van der Waals surface area contributed by atoms with Crippen LogP contribution in [0.15, 0.2) is 12.7 Å². The molecule has 1 amide bonds. The molecule has 0 aliphatic heterocycles. The van der Waals surface area contributed by atoms with Gasteiger partial charge < -0.3 is 15.2 Å². The number of nitrogens with one attached hydrogen (secondary N) is 1. The first kappa shape index (κ1) is 16.7. The van der Waals surface area contributed by atoms with Gasteiger partial charge in [-0.3, -0.25) is 4.79 Å². The van der Waals surface area contributed by atoms with Gasteiger partial charge in [-0.05, 0) is 32.1 Å². The second-order valence-corrected chi connectivity index (χ2v) is 5.46. The van der Waals surface area contributed by atoms with Crippen molar-refractivity contribution in [1.29, 1.82) is 0 Å². The normalized spacial score (nSPS) is 18.4. The van der Waals surface area contributed by atoms with E-state index in [0.29, 0.717) is 25.9 Å². The molecule has 0 aromatic heterocycles. The molecule has 1 saturated carbocycles. The van der Waals surface area contributed by atoms with E-state index in [1.165, 1.54) is 0 Å². The van der Waals surface area contributed by atoms with E-state index in [2.05, 4.69) is 11.9 Å². The van der Waals surface area contributed by atoms with Crippen LogP contribution in [-0.2, 0) is 14.3 Å². The molecule has 0 heterocycles. The highest BCUT2D eigenvalue weighted by Crippen LogP contribution is 2.41. The van der Waals surface area contributed by atoms with Crippen molar-refractivity contribution in [2.45, 2.75) is 51.0 Å². The Hall–Kier alpha value is -1.36. The molecule has 114 valence electrons. The van der Waals surface area contributed by atoms with Crippen LogP contribution in [0.5, 0.6) is 0 Å². The van der Waals surface area contributed by atoms with Crippen molar-refractivity contribution < 1.29 is 19.4 Å². The minimum absolute atomic E-state index is 0.136. The summed E-state index contributed by atoms with van der Waals surface area (Å²) in [6.07, 6.45) is 6.93. The second kappa shape index (κ2) is 8.04. The number of amides is 1. The van der Waals surface area contributed by atoms with Gasteiger partial charge in [0, 0.05) is 13.7 Å². The Morgan fingerprint density at radius 1 is 1.45 bits per heavy atom. The van der Waals surface area contributed by atoms with Crippen LogP contribution in [0.1, 0.15) is 44.9 Å². The van der Waals surface area contributed by atoms with Gasteiger partial charge in [0.25, 0.3) is 0 Å². The SMILES string of the molecule is C=CCCC(NC(=O)C1(CCOC)CCCC1)C(=O)O. The molecule has 0 spiro atoms. The summed E-state index contributed by atoms with van der Waals surface area (Å²) in [7, 11) is 1.62. The molecule has 2 N–H and O–H groups in total. The maximum absolute atomic E-state index is 12.5. The van der Waals surface area contributed by atoms with Gasteiger partial charge in [0.2, 0.25) is 5.91 Å². The van der Waals surface area contributed by atoms with Gasteiger partial charge in [0.1, 0.15) is 6.04 Å². The van der Waals surface area contributed by atoms with Crippen LogP contribution in [0.3, 0.4) is 0 Å². The van der Waals surface area contributed by atoms with Crippen LogP contribution >= 0.6 is 0 Å². The highest BCUT2D eigenvalue weighted by atomic mass is 16.5. The molecular weight excluding hydrogens is 258 g/mol.